The fourth-order valence-corrected chi connectivity index (χ4v) is 5.53. The number of amides is 1. The number of rotatable bonds is 13. The van der Waals surface area contributed by atoms with Crippen LogP contribution in [-0.2, 0) is 16.1 Å². The number of carbonyl (C=O) groups excluding carboxylic acids is 2. The van der Waals surface area contributed by atoms with E-state index in [-0.39, 0.29) is 25.0 Å². The van der Waals surface area contributed by atoms with E-state index in [1.807, 2.05) is 49.6 Å². The summed E-state index contributed by atoms with van der Waals surface area (Å²) in [6.45, 7) is 4.69. The number of ether oxygens (including phenoxy) is 1. The Hall–Kier alpha value is -1.71. The molecule has 2 aromatic carbocycles. The largest absolute Gasteiger partial charge is 1.00 e. The van der Waals surface area contributed by atoms with E-state index >= 15 is 0 Å². The molecule has 196 valence electrons. The number of aliphatic carboxylic acids is 1. The summed E-state index contributed by atoms with van der Waals surface area (Å²) in [5.74, 6) is -0.275. The van der Waals surface area contributed by atoms with Crippen molar-refractivity contribution in [2.45, 2.75) is 84.0 Å². The number of hydrogen-bond acceptors (Lipinski definition) is 5. The van der Waals surface area contributed by atoms with Gasteiger partial charge >= 0.3 is 18.9 Å². The number of carboxylic acid groups (broad SMARTS) is 1. The molecule has 0 heterocycles. The van der Waals surface area contributed by atoms with Gasteiger partial charge in [-0.2, -0.15) is 11.8 Å². The van der Waals surface area contributed by atoms with Crippen LogP contribution in [0.3, 0.4) is 0 Å². The number of carbonyl (C=O) groups is 2. The summed E-state index contributed by atoms with van der Waals surface area (Å²) < 4.78 is 6.35. The first-order valence-electron chi connectivity index (χ1n) is 13.2. The Morgan fingerprint density at radius 2 is 1.84 bits per heavy atom. The Morgan fingerprint density at radius 3 is 2.49 bits per heavy atom. The molecule has 0 spiro atoms. The molecule has 7 heteroatoms. The number of thioether (sulfide) groups is 1. The molecule has 0 radical (unpaired) electrons. The molecular weight excluding hydrogens is 477 g/mol. The van der Waals surface area contributed by atoms with Crippen molar-refractivity contribution < 1.29 is 38.3 Å². The van der Waals surface area contributed by atoms with Crippen LogP contribution in [0.25, 0.3) is 11.1 Å². The molecule has 1 aliphatic rings. The van der Waals surface area contributed by atoms with E-state index in [0.717, 1.165) is 41.0 Å². The fraction of sp³-hybridized carbons (Fsp3) is 0.533. The van der Waals surface area contributed by atoms with E-state index in [9.17, 15) is 14.7 Å². The van der Waals surface area contributed by atoms with Crippen LogP contribution in [0.2, 0.25) is 0 Å². The van der Waals surface area contributed by atoms with Crippen molar-refractivity contribution in [2.75, 3.05) is 12.0 Å². The SMILES string of the molecule is CC[C@H](CC1CCCCC1)OCc1ccc(C(=O)N[C@@H](CCSC)C(=O)[O-])c(-c2ccccc2C)c1.[Li+]. The zero-order valence-corrected chi connectivity index (χ0v) is 23.7. The fourth-order valence-electron chi connectivity index (χ4n) is 5.06. The Kier molecular flexibility index (Phi) is 13.9. The van der Waals surface area contributed by atoms with Crippen molar-refractivity contribution in [1.29, 1.82) is 0 Å². The van der Waals surface area contributed by atoms with Crippen molar-refractivity contribution in [3.63, 3.8) is 0 Å². The van der Waals surface area contributed by atoms with Crippen molar-refractivity contribution in [1.82, 2.24) is 5.32 Å². The molecule has 1 amide bonds. The van der Waals surface area contributed by atoms with E-state index in [2.05, 4.69) is 12.2 Å². The van der Waals surface area contributed by atoms with Gasteiger partial charge in [0.15, 0.2) is 0 Å². The summed E-state index contributed by atoms with van der Waals surface area (Å²) in [4.78, 5) is 24.8. The first-order chi connectivity index (χ1) is 17.4. The topological polar surface area (TPSA) is 78.5 Å². The summed E-state index contributed by atoms with van der Waals surface area (Å²) in [7, 11) is 0. The molecule has 5 nitrogen and oxygen atoms in total. The number of benzene rings is 2. The summed E-state index contributed by atoms with van der Waals surface area (Å²) in [5.41, 5.74) is 4.25. The summed E-state index contributed by atoms with van der Waals surface area (Å²) in [5, 5.41) is 14.3. The minimum absolute atomic E-state index is 0. The minimum Gasteiger partial charge on any atom is -0.548 e. The summed E-state index contributed by atoms with van der Waals surface area (Å²) in [6, 6.07) is 12.6. The number of carboxylic acids is 1. The van der Waals surface area contributed by atoms with Crippen LogP contribution in [0.15, 0.2) is 42.5 Å². The molecule has 0 bridgehead atoms. The molecule has 0 aromatic heterocycles. The van der Waals surface area contributed by atoms with E-state index in [0.29, 0.717) is 24.3 Å². The van der Waals surface area contributed by atoms with E-state index in [4.69, 9.17) is 4.74 Å². The molecule has 2 atom stereocenters. The molecule has 0 unspecified atom stereocenters. The predicted octanol–water partition coefficient (Wildman–Crippen LogP) is 2.53. The van der Waals surface area contributed by atoms with Crippen molar-refractivity contribution in [2.24, 2.45) is 5.92 Å². The third kappa shape index (κ3) is 9.52. The Labute approximate surface area is 238 Å². The second-order valence-corrected chi connectivity index (χ2v) is 10.9. The van der Waals surface area contributed by atoms with Crippen LogP contribution in [0.5, 0.6) is 0 Å². The average molecular weight is 518 g/mol. The first-order valence-corrected chi connectivity index (χ1v) is 14.6. The third-order valence-corrected chi connectivity index (χ3v) is 7.87. The van der Waals surface area contributed by atoms with Crippen molar-refractivity contribution >= 4 is 23.6 Å². The van der Waals surface area contributed by atoms with Crippen LogP contribution in [-0.4, -0.2) is 36.0 Å². The standard InChI is InChI=1S/C30H41NO4S.Li/c1-4-24(18-22-11-6-5-7-12-22)35-20-23-14-15-26(27(19-23)25-13-9-8-10-21(25)2)29(32)31-28(30(33)34)16-17-36-3;/h8-10,13-15,19,22,24,28H,4-7,11-12,16-18,20H2,1-3H3,(H,31,32)(H,33,34);/q;+1/p-1/t24-,28+;/m1./s1. The first kappa shape index (κ1) is 31.5. The van der Waals surface area contributed by atoms with Crippen molar-refractivity contribution in [3.05, 3.63) is 59.2 Å². The zero-order chi connectivity index (χ0) is 25.9. The van der Waals surface area contributed by atoms with E-state index in [1.165, 1.54) is 43.9 Å². The van der Waals surface area contributed by atoms with Gasteiger partial charge < -0.3 is 20.0 Å². The second-order valence-electron chi connectivity index (χ2n) is 9.90. The molecule has 2 aromatic rings. The maximum Gasteiger partial charge on any atom is 1.00 e. The van der Waals surface area contributed by atoms with Crippen LogP contribution in [0.4, 0.5) is 0 Å². The van der Waals surface area contributed by atoms with Gasteiger partial charge in [-0.3, -0.25) is 4.79 Å². The molecule has 37 heavy (non-hydrogen) atoms. The van der Waals surface area contributed by atoms with Gasteiger partial charge in [0.25, 0.3) is 5.91 Å². The van der Waals surface area contributed by atoms with E-state index < -0.39 is 17.9 Å². The molecular formula is C30H40LiNO4S. The van der Waals surface area contributed by atoms with Gasteiger partial charge in [-0.05, 0) is 78.5 Å². The van der Waals surface area contributed by atoms with Gasteiger partial charge in [-0.15, -0.1) is 0 Å². The Bertz CT molecular complexity index is 1010. The minimum atomic E-state index is -1.26. The smallest absolute Gasteiger partial charge is 0.548 e. The van der Waals surface area contributed by atoms with Gasteiger partial charge in [-0.25, -0.2) is 0 Å². The Balaban J connectivity index is 0.00000481. The van der Waals surface area contributed by atoms with Crippen LogP contribution in [0, 0.1) is 12.8 Å². The molecule has 1 aliphatic carbocycles. The Morgan fingerprint density at radius 1 is 1.11 bits per heavy atom. The zero-order valence-electron chi connectivity index (χ0n) is 22.9. The summed E-state index contributed by atoms with van der Waals surface area (Å²) in [6.07, 6.45) is 11.2. The van der Waals surface area contributed by atoms with Gasteiger partial charge in [0, 0.05) is 5.56 Å². The van der Waals surface area contributed by atoms with Gasteiger partial charge in [0.05, 0.1) is 24.7 Å². The molecule has 3 rings (SSSR count). The van der Waals surface area contributed by atoms with Crippen LogP contribution < -0.4 is 29.3 Å². The van der Waals surface area contributed by atoms with Gasteiger partial charge in [-0.1, -0.05) is 69.4 Å². The molecule has 0 saturated heterocycles. The number of aryl methyl sites for hydroxylation is 1. The maximum absolute atomic E-state index is 13.2. The normalized spacial score (nSPS) is 15.4. The summed E-state index contributed by atoms with van der Waals surface area (Å²) >= 11 is 1.54. The molecule has 0 aliphatic heterocycles. The monoisotopic (exact) mass is 517 g/mol. The van der Waals surface area contributed by atoms with Crippen LogP contribution >= 0.6 is 11.8 Å². The molecule has 1 fully saturated rings. The van der Waals surface area contributed by atoms with Crippen LogP contribution in [0.1, 0.15) is 79.8 Å². The third-order valence-electron chi connectivity index (χ3n) is 7.23. The number of nitrogens with one attached hydrogen (secondary N) is 1. The van der Waals surface area contributed by atoms with Gasteiger partial charge in [0.2, 0.25) is 0 Å². The van der Waals surface area contributed by atoms with Crippen molar-refractivity contribution in [3.8, 4) is 11.1 Å². The molecule has 1 saturated carbocycles. The van der Waals surface area contributed by atoms with Gasteiger partial charge in [0.1, 0.15) is 0 Å². The number of hydrogen-bond donors (Lipinski definition) is 1. The molecule has 1 N–H and O–H groups in total. The quantitative estimate of drug-likeness (QED) is 0.413. The second kappa shape index (κ2) is 16.3. The average Bonchev–Trinajstić information content (AvgIpc) is 2.89. The predicted molar refractivity (Wildman–Crippen MR) is 146 cm³/mol. The van der Waals surface area contributed by atoms with E-state index in [1.54, 1.807) is 6.07 Å². The maximum atomic E-state index is 13.2.